The molecule has 0 saturated heterocycles. The van der Waals surface area contributed by atoms with Gasteiger partial charge < -0.3 is 9.46 Å². The molecule has 6 nitrogen and oxygen atoms in total. The zero-order valence-corrected chi connectivity index (χ0v) is 22.3. The molecule has 2 rings (SSSR count). The van der Waals surface area contributed by atoms with Crippen molar-refractivity contribution in [2.75, 3.05) is 7.05 Å². The van der Waals surface area contributed by atoms with Crippen molar-refractivity contribution in [3.05, 3.63) is 79.8 Å². The van der Waals surface area contributed by atoms with Crippen molar-refractivity contribution in [3.63, 3.8) is 0 Å². The SMILES string of the molecule is C=C(/C=C(/Cl)C=NC)Oc1ccc([N-]S(=O)(=O)c2ccc(I)cc2)cc1C(C)=O.[Na+]. The van der Waals surface area contributed by atoms with Crippen LogP contribution in [0.25, 0.3) is 4.72 Å². The first-order valence-corrected chi connectivity index (χ1v) is 11.1. The summed E-state index contributed by atoms with van der Waals surface area (Å²) in [7, 11) is -2.35. The van der Waals surface area contributed by atoms with Crippen molar-refractivity contribution in [1.29, 1.82) is 0 Å². The first-order chi connectivity index (χ1) is 13.6. The largest absolute Gasteiger partial charge is 1.00 e. The van der Waals surface area contributed by atoms with E-state index in [1.54, 1.807) is 19.2 Å². The number of hydrogen-bond donors (Lipinski definition) is 0. The number of Topliss-reactive ketones (excluding diaryl/α,β-unsaturated/α-hetero) is 1. The normalized spacial score (nSPS) is 11.7. The molecular formula is C20H17ClIN2NaO4S. The van der Waals surface area contributed by atoms with Crippen molar-refractivity contribution >= 4 is 61.9 Å². The van der Waals surface area contributed by atoms with Gasteiger partial charge in [0.15, 0.2) is 5.78 Å². The summed E-state index contributed by atoms with van der Waals surface area (Å²) in [5.41, 5.74) is 0.275. The Morgan fingerprint density at radius 1 is 1.23 bits per heavy atom. The number of benzene rings is 2. The molecule has 0 atom stereocenters. The summed E-state index contributed by atoms with van der Waals surface area (Å²) in [6.07, 6.45) is 2.86. The molecule has 2 aromatic rings. The van der Waals surface area contributed by atoms with Crippen molar-refractivity contribution in [3.8, 4) is 5.75 Å². The van der Waals surface area contributed by atoms with Gasteiger partial charge in [-0.05, 0) is 59.8 Å². The van der Waals surface area contributed by atoms with Crippen LogP contribution < -0.4 is 34.3 Å². The fourth-order valence-corrected chi connectivity index (χ4v) is 3.78. The van der Waals surface area contributed by atoms with Gasteiger partial charge in [0.2, 0.25) is 0 Å². The summed E-state index contributed by atoms with van der Waals surface area (Å²) >= 11 is 8.01. The van der Waals surface area contributed by atoms with Gasteiger partial charge in [-0.25, -0.2) is 8.42 Å². The molecule has 2 aromatic carbocycles. The van der Waals surface area contributed by atoms with Gasteiger partial charge in [-0.2, -0.15) is 0 Å². The Balaban J connectivity index is 0.00000450. The van der Waals surface area contributed by atoms with Crippen molar-refractivity contribution < 1.29 is 47.5 Å². The molecule has 10 heteroatoms. The van der Waals surface area contributed by atoms with Crippen LogP contribution in [0.15, 0.2) is 75.8 Å². The third kappa shape index (κ3) is 7.82. The van der Waals surface area contributed by atoms with Crippen molar-refractivity contribution in [2.45, 2.75) is 11.8 Å². The number of hydrogen-bond acceptors (Lipinski definition) is 5. The van der Waals surface area contributed by atoms with Crippen molar-refractivity contribution in [2.24, 2.45) is 4.99 Å². The van der Waals surface area contributed by atoms with Gasteiger partial charge in [0.25, 0.3) is 0 Å². The minimum absolute atomic E-state index is 0. The van der Waals surface area contributed by atoms with E-state index < -0.39 is 10.0 Å². The zero-order valence-electron chi connectivity index (χ0n) is 16.6. The summed E-state index contributed by atoms with van der Waals surface area (Å²) in [5.74, 6) is 0.0811. The Hall–Kier alpha value is -1.17. The number of rotatable bonds is 8. The second kappa shape index (κ2) is 12.0. The maximum Gasteiger partial charge on any atom is 1.00 e. The number of ketones is 1. The average Bonchev–Trinajstić information content (AvgIpc) is 2.63. The van der Waals surface area contributed by atoms with Crippen LogP contribution in [0.4, 0.5) is 5.69 Å². The number of nitrogens with zero attached hydrogens (tertiary/aromatic N) is 2. The number of sulfonamides is 1. The van der Waals surface area contributed by atoms with E-state index in [0.29, 0.717) is 5.03 Å². The maximum absolute atomic E-state index is 12.5. The van der Waals surface area contributed by atoms with E-state index in [-0.39, 0.29) is 63.0 Å². The number of carbonyl (C=O) groups is 1. The standard InChI is InChI=1S/C20H17ClIN2O4S.Na/c1-13(10-15(21)12-23-3)28-20-9-6-17(11-19(20)14(2)25)24-29(26,27)18-7-4-16(22)5-8-18;/h4-12H,1H2,2-3H3;/q-1;+1/b15-10+,23-12?;. The molecule has 0 N–H and O–H groups in total. The summed E-state index contributed by atoms with van der Waals surface area (Å²) in [6.45, 7) is 5.07. The quantitative estimate of drug-likeness (QED) is 0.123. The topological polar surface area (TPSA) is 86.9 Å². The van der Waals surface area contributed by atoms with Crippen molar-refractivity contribution in [1.82, 2.24) is 0 Å². The third-order valence-corrected chi connectivity index (χ3v) is 5.72. The monoisotopic (exact) mass is 566 g/mol. The molecule has 0 saturated carbocycles. The summed E-state index contributed by atoms with van der Waals surface area (Å²) in [6, 6.07) is 10.6. The van der Waals surface area contributed by atoms with Gasteiger partial charge in [-0.15, -0.1) is 5.69 Å². The first kappa shape index (κ1) is 26.9. The van der Waals surface area contributed by atoms with Crippen LogP contribution in [0.2, 0.25) is 0 Å². The van der Waals surface area contributed by atoms with Crippen LogP contribution in [0.1, 0.15) is 17.3 Å². The van der Waals surface area contributed by atoms with Gasteiger partial charge in [0, 0.05) is 22.9 Å². The minimum atomic E-state index is -3.92. The van der Waals surface area contributed by atoms with Crippen LogP contribution >= 0.6 is 34.2 Å². The molecular weight excluding hydrogens is 550 g/mol. The van der Waals surface area contributed by atoms with E-state index in [4.69, 9.17) is 16.3 Å². The molecule has 0 aromatic heterocycles. The predicted octanol–water partition coefficient (Wildman–Crippen LogP) is 2.61. The van der Waals surface area contributed by atoms with E-state index in [1.165, 1.54) is 49.5 Å². The number of halogens is 2. The molecule has 0 aliphatic rings. The average molecular weight is 567 g/mol. The minimum Gasteiger partial charge on any atom is -0.573 e. The third-order valence-electron chi connectivity index (χ3n) is 3.47. The summed E-state index contributed by atoms with van der Waals surface area (Å²) in [4.78, 5) is 15.9. The molecule has 0 aliphatic carbocycles. The molecule has 30 heavy (non-hydrogen) atoms. The van der Waals surface area contributed by atoms with E-state index >= 15 is 0 Å². The molecule has 0 aliphatic heterocycles. The molecule has 0 unspecified atom stereocenters. The number of ether oxygens (including phenoxy) is 1. The van der Waals surface area contributed by atoms with Crippen LogP contribution in [0.5, 0.6) is 5.75 Å². The van der Waals surface area contributed by atoms with Gasteiger partial charge in [-0.1, -0.05) is 30.3 Å². The number of carbonyl (C=O) groups excluding carboxylic acids is 1. The van der Waals surface area contributed by atoms with E-state index in [0.717, 1.165) is 3.57 Å². The first-order valence-electron chi connectivity index (χ1n) is 8.17. The van der Waals surface area contributed by atoms with E-state index in [1.807, 2.05) is 0 Å². The van der Waals surface area contributed by atoms with Crippen LogP contribution in [0.3, 0.4) is 0 Å². The van der Waals surface area contributed by atoms with Gasteiger partial charge >= 0.3 is 29.6 Å². The van der Waals surface area contributed by atoms with Crippen LogP contribution in [-0.2, 0) is 10.0 Å². The van der Waals surface area contributed by atoms with E-state index in [2.05, 4.69) is 38.9 Å². The second-order valence-electron chi connectivity index (χ2n) is 5.74. The van der Waals surface area contributed by atoms with Gasteiger partial charge in [0.05, 0.1) is 15.5 Å². The fourth-order valence-electron chi connectivity index (χ4n) is 2.22. The maximum atomic E-state index is 12.5. The predicted molar refractivity (Wildman–Crippen MR) is 124 cm³/mol. The van der Waals surface area contributed by atoms with Crippen LogP contribution in [-0.4, -0.2) is 27.5 Å². The Bertz CT molecular complexity index is 1100. The molecule has 0 heterocycles. The Morgan fingerprint density at radius 2 is 1.87 bits per heavy atom. The Labute approximate surface area is 216 Å². The number of allylic oxidation sites excluding steroid dienone is 2. The fraction of sp³-hybridized carbons (Fsp3) is 0.100. The van der Waals surface area contributed by atoms with Crippen LogP contribution in [0, 0.1) is 3.57 Å². The van der Waals surface area contributed by atoms with E-state index in [9.17, 15) is 13.2 Å². The summed E-state index contributed by atoms with van der Waals surface area (Å²) in [5, 5.41) is 0.303. The molecule has 0 spiro atoms. The molecule has 0 fully saturated rings. The van der Waals surface area contributed by atoms with Gasteiger partial charge in [0.1, 0.15) is 21.5 Å². The molecule has 152 valence electrons. The Kier molecular flexibility index (Phi) is 10.8. The number of aliphatic imine (C=N–C) groups is 1. The zero-order chi connectivity index (χ0) is 21.6. The smallest absolute Gasteiger partial charge is 0.573 e. The second-order valence-corrected chi connectivity index (χ2v) is 9.03. The molecule has 0 bridgehead atoms. The Morgan fingerprint density at radius 3 is 2.43 bits per heavy atom. The molecule has 0 radical (unpaired) electrons. The molecule has 0 amide bonds. The summed E-state index contributed by atoms with van der Waals surface area (Å²) < 4.78 is 35.3. The van der Waals surface area contributed by atoms with Gasteiger partial charge in [-0.3, -0.25) is 9.79 Å².